The first-order valence-corrected chi connectivity index (χ1v) is 4.20. The Hall–Kier alpha value is -1.70. The third kappa shape index (κ3) is 3.81. The number of rotatable bonds is 4. The maximum atomic E-state index is 11.3. The minimum atomic E-state index is -1.05. The molecule has 0 aliphatic carbocycles. The van der Waals surface area contributed by atoms with Crippen molar-refractivity contribution in [3.63, 3.8) is 0 Å². The van der Waals surface area contributed by atoms with Crippen LogP contribution in [-0.2, 0) is 4.79 Å². The first-order chi connectivity index (χ1) is 6.52. The highest BCUT2D eigenvalue weighted by Crippen LogP contribution is 1.93. The van der Waals surface area contributed by atoms with E-state index in [0.717, 1.165) is 0 Å². The molecule has 2 amide bonds. The SMILES string of the molecule is C#CCN(C)C(=O)NC(CC)C(=O)O. The van der Waals surface area contributed by atoms with Crippen LogP contribution < -0.4 is 5.32 Å². The summed E-state index contributed by atoms with van der Waals surface area (Å²) in [5.74, 6) is 1.24. The van der Waals surface area contributed by atoms with Gasteiger partial charge in [-0.05, 0) is 6.42 Å². The van der Waals surface area contributed by atoms with Gasteiger partial charge in [-0.15, -0.1) is 6.42 Å². The first kappa shape index (κ1) is 12.3. The lowest BCUT2D eigenvalue weighted by molar-refractivity contribution is -0.139. The predicted molar refractivity (Wildman–Crippen MR) is 51.7 cm³/mol. The van der Waals surface area contributed by atoms with Crippen LogP contribution in [0, 0.1) is 12.3 Å². The zero-order chi connectivity index (χ0) is 11.1. The Morgan fingerprint density at radius 1 is 1.64 bits per heavy atom. The fraction of sp³-hybridized carbons (Fsp3) is 0.556. The highest BCUT2D eigenvalue weighted by atomic mass is 16.4. The molecule has 0 fully saturated rings. The molecule has 5 nitrogen and oxygen atoms in total. The summed E-state index contributed by atoms with van der Waals surface area (Å²) in [6.45, 7) is 1.84. The molecule has 2 N–H and O–H groups in total. The standard InChI is InChI=1S/C9H14N2O3/c1-4-6-11(3)9(14)10-7(5-2)8(12)13/h1,7H,5-6H2,2-3H3,(H,10,14)(H,12,13). The highest BCUT2D eigenvalue weighted by Gasteiger charge is 2.18. The van der Waals surface area contributed by atoms with E-state index >= 15 is 0 Å². The second-order valence-corrected chi connectivity index (χ2v) is 2.81. The van der Waals surface area contributed by atoms with Gasteiger partial charge in [-0.2, -0.15) is 0 Å². The van der Waals surface area contributed by atoms with Crippen LogP contribution in [0.15, 0.2) is 0 Å². The fourth-order valence-corrected chi connectivity index (χ4v) is 0.806. The molecule has 0 aromatic rings. The molecule has 14 heavy (non-hydrogen) atoms. The van der Waals surface area contributed by atoms with E-state index in [1.807, 2.05) is 0 Å². The highest BCUT2D eigenvalue weighted by molar-refractivity contribution is 5.82. The second-order valence-electron chi connectivity index (χ2n) is 2.81. The van der Waals surface area contributed by atoms with Crippen LogP contribution >= 0.6 is 0 Å². The zero-order valence-corrected chi connectivity index (χ0v) is 8.28. The molecule has 0 aromatic heterocycles. The summed E-state index contributed by atoms with van der Waals surface area (Å²) >= 11 is 0. The van der Waals surface area contributed by atoms with E-state index in [9.17, 15) is 9.59 Å². The molecule has 0 aliphatic rings. The molecule has 0 heterocycles. The lowest BCUT2D eigenvalue weighted by Crippen LogP contribution is -2.46. The fourth-order valence-electron chi connectivity index (χ4n) is 0.806. The van der Waals surface area contributed by atoms with Gasteiger partial charge in [0.1, 0.15) is 6.04 Å². The molecule has 0 rings (SSSR count). The van der Waals surface area contributed by atoms with Crippen molar-refractivity contribution in [1.82, 2.24) is 10.2 Å². The van der Waals surface area contributed by atoms with Crippen LogP contribution in [0.4, 0.5) is 4.79 Å². The quantitative estimate of drug-likeness (QED) is 0.630. The lowest BCUT2D eigenvalue weighted by Gasteiger charge is -2.18. The Morgan fingerprint density at radius 3 is 2.57 bits per heavy atom. The Labute approximate surface area is 83.1 Å². The number of carbonyl (C=O) groups excluding carboxylic acids is 1. The molecule has 0 aromatic carbocycles. The summed E-state index contributed by atoms with van der Waals surface area (Å²) in [4.78, 5) is 23.1. The van der Waals surface area contributed by atoms with Crippen LogP contribution in [0.25, 0.3) is 0 Å². The number of hydrogen-bond donors (Lipinski definition) is 2. The molecule has 0 radical (unpaired) electrons. The summed E-state index contributed by atoms with van der Waals surface area (Å²) in [6, 6.07) is -1.33. The Balaban J connectivity index is 4.16. The van der Waals surface area contributed by atoms with Crippen LogP contribution in [0.5, 0.6) is 0 Å². The van der Waals surface area contributed by atoms with Crippen LogP contribution in [0.1, 0.15) is 13.3 Å². The number of urea groups is 1. The molecule has 0 saturated heterocycles. The van der Waals surface area contributed by atoms with E-state index < -0.39 is 18.0 Å². The number of aliphatic carboxylic acids is 1. The number of terminal acetylenes is 1. The van der Waals surface area contributed by atoms with Gasteiger partial charge >= 0.3 is 12.0 Å². The normalized spacial score (nSPS) is 11.2. The molecule has 1 unspecified atom stereocenters. The lowest BCUT2D eigenvalue weighted by atomic mass is 10.2. The van der Waals surface area contributed by atoms with E-state index in [4.69, 9.17) is 11.5 Å². The molecule has 0 bridgehead atoms. The van der Waals surface area contributed by atoms with Crippen LogP contribution in [0.3, 0.4) is 0 Å². The summed E-state index contributed by atoms with van der Waals surface area (Å²) in [7, 11) is 1.50. The minimum absolute atomic E-state index is 0.155. The monoisotopic (exact) mass is 198 g/mol. The average molecular weight is 198 g/mol. The van der Waals surface area contributed by atoms with Crippen molar-refractivity contribution in [3.05, 3.63) is 0 Å². The summed E-state index contributed by atoms with van der Waals surface area (Å²) in [6.07, 6.45) is 5.34. The van der Waals surface area contributed by atoms with Crippen molar-refractivity contribution in [1.29, 1.82) is 0 Å². The van der Waals surface area contributed by atoms with Crippen molar-refractivity contribution in [2.75, 3.05) is 13.6 Å². The summed E-state index contributed by atoms with van der Waals surface area (Å²) in [5.41, 5.74) is 0. The number of carbonyl (C=O) groups is 2. The molecule has 78 valence electrons. The van der Waals surface area contributed by atoms with Crippen LogP contribution in [0.2, 0.25) is 0 Å². The van der Waals surface area contributed by atoms with E-state index in [2.05, 4.69) is 11.2 Å². The maximum absolute atomic E-state index is 11.3. The van der Waals surface area contributed by atoms with Crippen molar-refractivity contribution in [2.24, 2.45) is 0 Å². The third-order valence-corrected chi connectivity index (χ3v) is 1.68. The van der Waals surface area contributed by atoms with Gasteiger partial charge in [-0.1, -0.05) is 12.8 Å². The molecular weight excluding hydrogens is 184 g/mol. The van der Waals surface area contributed by atoms with Crippen molar-refractivity contribution < 1.29 is 14.7 Å². The number of nitrogens with one attached hydrogen (secondary N) is 1. The smallest absolute Gasteiger partial charge is 0.326 e. The Bertz CT molecular complexity index is 257. The van der Waals surface area contributed by atoms with Gasteiger partial charge in [0, 0.05) is 7.05 Å². The van der Waals surface area contributed by atoms with E-state index in [-0.39, 0.29) is 6.54 Å². The second kappa shape index (κ2) is 5.86. The Morgan fingerprint density at radius 2 is 2.21 bits per heavy atom. The molecule has 0 saturated carbocycles. The molecule has 0 aliphatic heterocycles. The van der Waals surface area contributed by atoms with Crippen molar-refractivity contribution in [3.8, 4) is 12.3 Å². The van der Waals surface area contributed by atoms with Gasteiger partial charge in [-0.25, -0.2) is 9.59 Å². The Kier molecular flexibility index (Phi) is 5.15. The summed E-state index contributed by atoms with van der Waals surface area (Å²) in [5, 5.41) is 11.0. The van der Waals surface area contributed by atoms with Gasteiger partial charge in [-0.3, -0.25) is 0 Å². The number of amides is 2. The minimum Gasteiger partial charge on any atom is -0.480 e. The topological polar surface area (TPSA) is 69.6 Å². The molecule has 1 atom stereocenters. The van der Waals surface area contributed by atoms with Gasteiger partial charge in [0.15, 0.2) is 0 Å². The van der Waals surface area contributed by atoms with Gasteiger partial charge in [0.25, 0.3) is 0 Å². The zero-order valence-electron chi connectivity index (χ0n) is 8.28. The van der Waals surface area contributed by atoms with E-state index in [0.29, 0.717) is 6.42 Å². The van der Waals surface area contributed by atoms with Gasteiger partial charge in [0.2, 0.25) is 0 Å². The largest absolute Gasteiger partial charge is 0.480 e. The van der Waals surface area contributed by atoms with Gasteiger partial charge < -0.3 is 15.3 Å². The van der Waals surface area contributed by atoms with Crippen molar-refractivity contribution in [2.45, 2.75) is 19.4 Å². The number of nitrogens with zero attached hydrogens (tertiary/aromatic N) is 1. The predicted octanol–water partition coefficient (Wildman–Crippen LogP) is 0.124. The number of hydrogen-bond acceptors (Lipinski definition) is 2. The maximum Gasteiger partial charge on any atom is 0.326 e. The van der Waals surface area contributed by atoms with Crippen molar-refractivity contribution >= 4 is 12.0 Å². The van der Waals surface area contributed by atoms with Crippen LogP contribution in [-0.4, -0.2) is 41.6 Å². The molecule has 0 spiro atoms. The summed E-state index contributed by atoms with van der Waals surface area (Å²) < 4.78 is 0. The average Bonchev–Trinajstić information content (AvgIpc) is 2.13. The molecule has 5 heteroatoms. The third-order valence-electron chi connectivity index (χ3n) is 1.68. The first-order valence-electron chi connectivity index (χ1n) is 4.20. The number of carboxylic acids is 1. The van der Waals surface area contributed by atoms with Gasteiger partial charge in [0.05, 0.1) is 6.54 Å². The van der Waals surface area contributed by atoms with E-state index in [1.54, 1.807) is 6.92 Å². The number of carboxylic acid groups (broad SMARTS) is 1. The molecular formula is C9H14N2O3. The van der Waals surface area contributed by atoms with E-state index in [1.165, 1.54) is 11.9 Å².